The van der Waals surface area contributed by atoms with Gasteiger partial charge in [0.15, 0.2) is 29.1 Å². The Balaban J connectivity index is 0.000000153. The van der Waals surface area contributed by atoms with Crippen LogP contribution >= 0.6 is 0 Å². The molecule has 9 N–H and O–H groups in total. The summed E-state index contributed by atoms with van der Waals surface area (Å²) in [4.78, 5) is 132. The Hall–Kier alpha value is -13.8. The Morgan fingerprint density at radius 1 is 0.492 bits per heavy atom. The highest BCUT2D eigenvalue weighted by atomic mass is 19.1. The van der Waals surface area contributed by atoms with Crippen molar-refractivity contribution < 1.29 is 81.8 Å². The van der Waals surface area contributed by atoms with E-state index in [0.717, 1.165) is 113 Å². The Bertz CT molecular complexity index is 5540. The van der Waals surface area contributed by atoms with Crippen molar-refractivity contribution in [2.45, 2.75) is 114 Å². The van der Waals surface area contributed by atoms with E-state index in [4.69, 9.17) is 14.2 Å². The van der Waals surface area contributed by atoms with E-state index in [0.29, 0.717) is 63.6 Å². The first-order chi connectivity index (χ1) is 60.8. The number of fused-ring (bicyclic) bond motifs is 3. The summed E-state index contributed by atoms with van der Waals surface area (Å²) in [5.74, 6) is 14.7. The van der Waals surface area contributed by atoms with Gasteiger partial charge in [-0.3, -0.25) is 59.4 Å². The lowest BCUT2D eigenvalue weighted by atomic mass is 9.94. The third-order valence-electron chi connectivity index (χ3n) is 24.5. The molecular weight excluding hydrogens is 1620 g/mol. The third kappa shape index (κ3) is 19.0. The number of benzene rings is 6. The van der Waals surface area contributed by atoms with Gasteiger partial charge in [-0.1, -0.05) is 109 Å². The van der Waals surface area contributed by atoms with E-state index in [9.17, 15) is 63.2 Å². The predicted octanol–water partition coefficient (Wildman–Crippen LogP) is 5.92. The van der Waals surface area contributed by atoms with E-state index in [-0.39, 0.29) is 85.4 Å². The van der Waals surface area contributed by atoms with Gasteiger partial charge in [-0.05, 0) is 153 Å². The Labute approximate surface area is 727 Å². The van der Waals surface area contributed by atoms with Crippen LogP contribution in [0.15, 0.2) is 131 Å². The molecule has 0 bridgehead atoms. The quantitative estimate of drug-likeness (QED) is 0.0128. The summed E-state index contributed by atoms with van der Waals surface area (Å²) in [6, 6.07) is 30.5. The Morgan fingerprint density at radius 3 is 1.37 bits per heavy atom. The van der Waals surface area contributed by atoms with E-state index in [2.05, 4.69) is 121 Å². The molecule has 1 aliphatic carbocycles. The smallest absolute Gasteiger partial charge is 0.323 e. The second-order valence-corrected chi connectivity index (χ2v) is 32.4. The Kier molecular flexibility index (Phi) is 27.1. The zero-order valence-electron chi connectivity index (χ0n) is 70.9. The molecule has 6 aromatic rings. The number of methoxy groups -OCH3 is 3. The van der Waals surface area contributed by atoms with Crippen molar-refractivity contribution in [2.75, 3.05) is 126 Å². The van der Waals surface area contributed by atoms with E-state index in [1.807, 2.05) is 48.2 Å². The molecule has 12 amide bonds. The normalized spacial score (nSPS) is 22.1. The van der Waals surface area contributed by atoms with Crippen LogP contribution in [-0.2, 0) is 34.0 Å². The largest absolute Gasteiger partial charge is 0.497 e. The summed E-state index contributed by atoms with van der Waals surface area (Å²) < 4.78 is 45.6. The molecule has 6 aromatic carbocycles. The summed E-state index contributed by atoms with van der Waals surface area (Å²) in [5.41, 5.74) is 0.747. The predicted molar refractivity (Wildman–Crippen MR) is 457 cm³/mol. The molecule has 0 aromatic heterocycles. The van der Waals surface area contributed by atoms with E-state index >= 15 is 4.39 Å². The summed E-state index contributed by atoms with van der Waals surface area (Å²) in [6.45, 7) is 17.0. The minimum absolute atomic E-state index is 0.0122. The number of carbonyl (C=O) groups excluding carboxylic acids is 9. The lowest BCUT2D eigenvalue weighted by Gasteiger charge is -2.41. The second-order valence-electron chi connectivity index (χ2n) is 32.4. The molecule has 7 fully saturated rings. The monoisotopic (exact) mass is 1720 g/mol. The van der Waals surface area contributed by atoms with Crippen LogP contribution in [0.3, 0.4) is 0 Å². The van der Waals surface area contributed by atoms with E-state index in [1.54, 1.807) is 54.6 Å². The number of oxime groups is 3. The molecule has 33 nitrogen and oxygen atoms in total. The van der Waals surface area contributed by atoms with Gasteiger partial charge in [0.2, 0.25) is 16.6 Å². The molecule has 9 aliphatic heterocycles. The van der Waals surface area contributed by atoms with Gasteiger partial charge >= 0.3 is 18.1 Å². The fourth-order valence-corrected chi connectivity index (χ4v) is 17.5. The first-order valence-electron chi connectivity index (χ1n) is 42.0. The number of unbranched alkanes of at least 4 members (excludes halogenated alkanes) is 1. The molecule has 4 atom stereocenters. The Morgan fingerprint density at radius 2 is 0.937 bits per heavy atom. The maximum atomic E-state index is 15.3. The van der Waals surface area contributed by atoms with Crippen molar-refractivity contribution in [3.8, 4) is 52.8 Å². The average molecular weight is 1720 g/mol. The maximum Gasteiger partial charge on any atom is 0.323 e. The molecule has 0 spiro atoms. The summed E-state index contributed by atoms with van der Waals surface area (Å²) >= 11 is 0. The van der Waals surface area contributed by atoms with Gasteiger partial charge in [-0.15, -0.1) is 0 Å². The molecule has 126 heavy (non-hydrogen) atoms. The number of hydrogen-bond donors (Lipinski definition) is 9. The number of halogens is 2. The van der Waals surface area contributed by atoms with Gasteiger partial charge < -0.3 is 75.2 Å². The lowest BCUT2D eigenvalue weighted by molar-refractivity contribution is -0.123. The molecule has 6 saturated heterocycles. The van der Waals surface area contributed by atoms with Gasteiger partial charge in [0.1, 0.15) is 17.3 Å². The van der Waals surface area contributed by atoms with Gasteiger partial charge in [0.25, 0.3) is 35.4 Å². The maximum absolute atomic E-state index is 15.3. The minimum Gasteiger partial charge on any atom is -0.497 e. The highest BCUT2D eigenvalue weighted by Gasteiger charge is 2.52. The molecular formula is C91H100F2N18O15. The summed E-state index contributed by atoms with van der Waals surface area (Å²) in [5, 5.41) is 54.4. The molecule has 0 radical (unpaired) electrons. The molecule has 10 aliphatic rings. The minimum atomic E-state index is -1.86. The third-order valence-corrected chi connectivity index (χ3v) is 24.5. The first-order valence-corrected chi connectivity index (χ1v) is 42.0. The zero-order chi connectivity index (χ0) is 89.1. The van der Waals surface area contributed by atoms with Crippen LogP contribution in [0.5, 0.6) is 17.2 Å². The number of hydrogen-bond acceptors (Lipinski definition) is 21. The number of ether oxygens (including phenoxy) is 3. The summed E-state index contributed by atoms with van der Waals surface area (Å²) in [6.07, 6.45) is 8.83. The van der Waals surface area contributed by atoms with Gasteiger partial charge in [0.05, 0.1) is 52.1 Å². The van der Waals surface area contributed by atoms with Crippen LogP contribution in [0, 0.1) is 47.2 Å². The van der Waals surface area contributed by atoms with Crippen LogP contribution in [0.1, 0.15) is 147 Å². The number of nitrogens with zero attached hydrogens (tertiary/aromatic N) is 12. The first kappa shape index (κ1) is 88.5. The number of nitrogens with one attached hydrogen (secondary N) is 6. The summed E-state index contributed by atoms with van der Waals surface area (Å²) in [7, 11) is 4.35. The van der Waals surface area contributed by atoms with Gasteiger partial charge in [-0.25, -0.2) is 23.2 Å². The van der Waals surface area contributed by atoms with Crippen LogP contribution in [-0.4, -0.2) is 286 Å². The molecule has 35 heteroatoms. The number of amidine groups is 3. The highest BCUT2D eigenvalue weighted by molar-refractivity contribution is 6.12. The topological polar surface area (TPSA) is 380 Å². The van der Waals surface area contributed by atoms with Crippen molar-refractivity contribution in [3.63, 3.8) is 0 Å². The van der Waals surface area contributed by atoms with Crippen molar-refractivity contribution >= 4 is 71.0 Å². The van der Waals surface area contributed by atoms with Crippen molar-refractivity contribution in [2.24, 2.45) is 15.5 Å². The number of imide groups is 3. The number of piperazine rings is 3. The molecule has 1 saturated carbocycles. The molecule has 658 valence electrons. The van der Waals surface area contributed by atoms with E-state index in [1.165, 1.54) is 92.8 Å². The van der Waals surface area contributed by atoms with Crippen molar-refractivity contribution in [1.29, 1.82) is 0 Å². The fraction of sp³-hybridized carbons (Fsp3) is 0.407. The van der Waals surface area contributed by atoms with E-state index < -0.39 is 70.0 Å². The number of rotatable bonds is 17. The molecule has 0 unspecified atom stereocenters. The number of likely N-dealkylation sites (N-methyl/N-ethyl adjacent to an activating group) is 1. The van der Waals surface area contributed by atoms with Gasteiger partial charge in [0, 0.05) is 143 Å². The van der Waals surface area contributed by atoms with Crippen LogP contribution in [0.2, 0.25) is 0 Å². The fourth-order valence-electron chi connectivity index (χ4n) is 17.5. The molecule has 16 rings (SSSR count). The second kappa shape index (κ2) is 38.5. The molecule has 9 heterocycles. The van der Waals surface area contributed by atoms with Gasteiger partial charge in [-0.2, -0.15) is 0 Å². The zero-order valence-corrected chi connectivity index (χ0v) is 70.9. The lowest BCUT2D eigenvalue weighted by Crippen LogP contribution is -2.54. The van der Waals surface area contributed by atoms with Crippen LogP contribution in [0.4, 0.5) is 23.2 Å². The average Bonchev–Trinajstić information content (AvgIpc) is 1.62. The standard InChI is InChI=1S/C32H36N6O5.C30H34N6O5.C29H30F2N6O5/c1-43-26-12-11-24-20-38(29(39)27(24)19-26)21-32(30(40)33-31(41)34-32)14-13-22-7-9-23(10-8-22)28(35-42)37-17-15-36(16-18-37)25-5-3-2-4-6-25;1-3-4-13-34-14-16-35(17-15-34)26(33-40)22-7-5-21(6-8-22)11-12-30(28(38)31-29(39)32-30)20-36-19-23-9-10-24(41-2)18-25(23)27(36)37;1-4-35-11-12-37(17(2)14-35)25(34-41)20-7-5-18(13-21(20)30)9-10-29(27(39)32-28(40)33-29)16-36-15-19-6-8-22(42-3)24(31)23(19)26(36)38/h7-12,19,25,42H,2-6,15-18,20-21H2,1H3,(H2,33,34,40,41);5-10,18,40H,3-4,13-17,19-20H2,1-2H3,(H2,31,32,38,39);5-8,13,17,41H,4,11-12,14-16H2,1-3H3,(H2,32,33,39,40)/b;;34-25-/t32-;30-;17-,29+/m110/s1. The number of carbonyl (C=O) groups is 9. The SMILES string of the molecule is CCCCN1CCN(C(=NO)c2ccc(C#C[C@]3(CN4Cc5ccc(OC)cc5C4=O)NC(=O)NC3=O)cc2)CC1.CCN1CCN(/C(=N\O)c2ccc(C#C[C@]3(CN4Cc5ccc(OC)c(F)c5C4=O)NC(=O)NC3=O)cc2F)[C@@H](C)C1.COc1ccc2c(c1)C(=O)N(C[C@@]1(C#Cc3ccc(C(=NO)N4CCN(C5CCCCC5)CC4)cc3)NC(=O)NC1=O)C2. The highest BCUT2D eigenvalue weighted by Crippen LogP contribution is 2.35. The number of amides is 12. The van der Waals surface area contributed by atoms with Crippen LogP contribution < -0.4 is 46.1 Å². The van der Waals surface area contributed by atoms with Crippen molar-refractivity contribution in [1.82, 2.24) is 76.0 Å². The van der Waals surface area contributed by atoms with Crippen molar-refractivity contribution in [3.05, 3.63) is 194 Å². The number of urea groups is 3. The van der Waals surface area contributed by atoms with Crippen LogP contribution in [0.25, 0.3) is 0 Å².